The first-order valence-electron chi connectivity index (χ1n) is 6.65. The van der Waals surface area contributed by atoms with E-state index >= 15 is 0 Å². The van der Waals surface area contributed by atoms with Crippen LogP contribution in [0.25, 0.3) is 0 Å². The number of carbonyl (C=O) groups is 2. The average Bonchev–Trinajstić information content (AvgIpc) is 3.01. The molecular weight excluding hydrogens is 304 g/mol. The van der Waals surface area contributed by atoms with Crippen LogP contribution in [-0.4, -0.2) is 23.0 Å². The van der Waals surface area contributed by atoms with E-state index in [1.54, 1.807) is 30.5 Å². The summed E-state index contributed by atoms with van der Waals surface area (Å²) >= 11 is 5.93. The number of carbonyl (C=O) groups excluding carboxylic acids is 2. The molecule has 2 rings (SSSR count). The fourth-order valence-electron chi connectivity index (χ4n) is 1.66. The van der Waals surface area contributed by atoms with Gasteiger partial charge in [0.05, 0.1) is 22.6 Å². The van der Waals surface area contributed by atoms with E-state index in [0.717, 1.165) is 5.69 Å². The molecule has 0 fully saturated rings. The van der Waals surface area contributed by atoms with Crippen molar-refractivity contribution in [3.63, 3.8) is 0 Å². The molecule has 3 N–H and O–H groups in total. The molecule has 114 valence electrons. The van der Waals surface area contributed by atoms with E-state index < -0.39 is 0 Å². The fraction of sp³-hybridized carbons (Fsp3) is 0.133. The summed E-state index contributed by atoms with van der Waals surface area (Å²) in [5, 5.41) is 6.89. The zero-order valence-electron chi connectivity index (χ0n) is 11.7. The molecule has 1 heterocycles. The smallest absolute Gasteiger partial charge is 0.240 e. The Morgan fingerprint density at radius 1 is 1.14 bits per heavy atom. The summed E-state index contributed by atoms with van der Waals surface area (Å²) in [6, 6.07) is 10.5. The van der Waals surface area contributed by atoms with E-state index in [1.807, 2.05) is 12.1 Å². The lowest BCUT2D eigenvalue weighted by atomic mass is 10.2. The monoisotopic (exact) mass is 318 g/mol. The van der Waals surface area contributed by atoms with Gasteiger partial charge in [0.1, 0.15) is 0 Å². The van der Waals surface area contributed by atoms with E-state index in [4.69, 9.17) is 11.6 Å². The summed E-state index contributed by atoms with van der Waals surface area (Å²) in [6.07, 6.45) is 3.33. The largest absolute Gasteiger partial charge is 0.360 e. The van der Waals surface area contributed by atoms with Crippen molar-refractivity contribution in [3.8, 4) is 0 Å². The quantitative estimate of drug-likeness (QED) is 0.564. The highest BCUT2D eigenvalue weighted by Gasteiger charge is 2.08. The first-order valence-corrected chi connectivity index (χ1v) is 7.02. The predicted octanol–water partition coefficient (Wildman–Crippen LogP) is 2.54. The zero-order chi connectivity index (χ0) is 15.8. The third-order valence-corrected chi connectivity index (χ3v) is 3.07. The number of benzene rings is 1. The Labute approximate surface area is 132 Å². The molecule has 6 nitrogen and oxygen atoms in total. The summed E-state index contributed by atoms with van der Waals surface area (Å²) in [7, 11) is 0. The minimum atomic E-state index is -0.336. The van der Waals surface area contributed by atoms with Crippen LogP contribution in [-0.2, 0) is 9.59 Å². The Morgan fingerprint density at radius 3 is 2.64 bits per heavy atom. The molecule has 1 aromatic carbocycles. The molecule has 1 aromatic heterocycles. The lowest BCUT2D eigenvalue weighted by Gasteiger charge is -2.06. The number of amides is 2. The topological polar surface area (TPSA) is 86.3 Å². The summed E-state index contributed by atoms with van der Waals surface area (Å²) in [5.41, 5.74) is 3.66. The van der Waals surface area contributed by atoms with Gasteiger partial charge in [0.2, 0.25) is 11.8 Å². The minimum absolute atomic E-state index is 0.0400. The number of anilines is 1. The van der Waals surface area contributed by atoms with Gasteiger partial charge in [-0.1, -0.05) is 23.7 Å². The van der Waals surface area contributed by atoms with Gasteiger partial charge >= 0.3 is 0 Å². The van der Waals surface area contributed by atoms with Gasteiger partial charge in [-0.25, -0.2) is 5.43 Å². The van der Waals surface area contributed by atoms with E-state index in [9.17, 15) is 9.59 Å². The van der Waals surface area contributed by atoms with Gasteiger partial charge < -0.3 is 10.3 Å². The third-order valence-electron chi connectivity index (χ3n) is 2.74. The van der Waals surface area contributed by atoms with Crippen molar-refractivity contribution in [2.24, 2.45) is 5.10 Å². The SMILES string of the molecule is O=C(CCC(=O)Nc1ccccc1Cl)N/N=C/c1ccc[nH]1. The van der Waals surface area contributed by atoms with Crippen molar-refractivity contribution in [1.82, 2.24) is 10.4 Å². The van der Waals surface area contributed by atoms with Crippen LogP contribution in [0, 0.1) is 0 Å². The molecule has 0 aliphatic carbocycles. The number of aromatic nitrogens is 1. The normalized spacial score (nSPS) is 10.6. The Balaban J connectivity index is 1.72. The Bertz CT molecular complexity index is 668. The first kappa shape index (κ1) is 15.8. The van der Waals surface area contributed by atoms with Crippen LogP contribution < -0.4 is 10.7 Å². The second kappa shape index (κ2) is 7.99. The number of hydrogen-bond donors (Lipinski definition) is 3. The maximum atomic E-state index is 11.7. The summed E-state index contributed by atoms with van der Waals surface area (Å²) in [5.74, 6) is -0.617. The van der Waals surface area contributed by atoms with E-state index in [0.29, 0.717) is 10.7 Å². The predicted molar refractivity (Wildman–Crippen MR) is 85.8 cm³/mol. The highest BCUT2D eigenvalue weighted by Crippen LogP contribution is 2.20. The molecule has 0 saturated heterocycles. The van der Waals surface area contributed by atoms with E-state index in [1.165, 1.54) is 6.21 Å². The highest BCUT2D eigenvalue weighted by atomic mass is 35.5. The molecule has 0 aliphatic heterocycles. The van der Waals surface area contributed by atoms with Crippen LogP contribution in [0.4, 0.5) is 5.69 Å². The number of H-pyrrole nitrogens is 1. The Hall–Kier alpha value is -2.60. The number of aromatic amines is 1. The first-order chi connectivity index (χ1) is 10.6. The van der Waals surface area contributed by atoms with Gasteiger partial charge in [-0.15, -0.1) is 0 Å². The lowest BCUT2D eigenvalue weighted by Crippen LogP contribution is -2.20. The van der Waals surface area contributed by atoms with Gasteiger partial charge in [-0.05, 0) is 24.3 Å². The maximum Gasteiger partial charge on any atom is 0.240 e. The number of para-hydroxylation sites is 1. The second-order valence-corrected chi connectivity index (χ2v) is 4.85. The number of halogens is 1. The summed E-state index contributed by atoms with van der Waals surface area (Å²) in [6.45, 7) is 0. The number of nitrogens with zero attached hydrogens (tertiary/aromatic N) is 1. The van der Waals surface area contributed by atoms with Crippen molar-refractivity contribution in [2.45, 2.75) is 12.8 Å². The van der Waals surface area contributed by atoms with Crippen LogP contribution >= 0.6 is 11.6 Å². The Kier molecular flexibility index (Phi) is 5.73. The number of rotatable bonds is 6. The molecule has 0 bridgehead atoms. The molecule has 0 radical (unpaired) electrons. The van der Waals surface area contributed by atoms with Gasteiger partial charge in [0.25, 0.3) is 0 Å². The van der Waals surface area contributed by atoms with Crippen LogP contribution in [0.1, 0.15) is 18.5 Å². The van der Waals surface area contributed by atoms with Crippen molar-refractivity contribution in [1.29, 1.82) is 0 Å². The standard InChI is InChI=1S/C15H15ClN4O2/c16-12-5-1-2-6-13(12)19-14(21)7-8-15(22)20-18-10-11-4-3-9-17-11/h1-6,9-10,17H,7-8H2,(H,19,21)(H,20,22)/b18-10+. The molecule has 0 aliphatic rings. The molecule has 0 atom stereocenters. The van der Waals surface area contributed by atoms with E-state index in [2.05, 4.69) is 20.8 Å². The van der Waals surface area contributed by atoms with Crippen LogP contribution in [0.2, 0.25) is 5.02 Å². The van der Waals surface area contributed by atoms with Gasteiger partial charge in [0, 0.05) is 19.0 Å². The number of nitrogens with one attached hydrogen (secondary N) is 3. The summed E-state index contributed by atoms with van der Waals surface area (Å²) < 4.78 is 0. The molecule has 2 aromatic rings. The fourth-order valence-corrected chi connectivity index (χ4v) is 1.84. The van der Waals surface area contributed by atoms with Crippen molar-refractivity contribution in [3.05, 3.63) is 53.3 Å². The lowest BCUT2D eigenvalue weighted by molar-refractivity contribution is -0.124. The van der Waals surface area contributed by atoms with Crippen molar-refractivity contribution >= 4 is 35.3 Å². The third kappa shape index (κ3) is 5.06. The van der Waals surface area contributed by atoms with Crippen LogP contribution in [0.5, 0.6) is 0 Å². The zero-order valence-corrected chi connectivity index (χ0v) is 12.4. The van der Waals surface area contributed by atoms with E-state index in [-0.39, 0.29) is 24.7 Å². The number of hydrazone groups is 1. The summed E-state index contributed by atoms with van der Waals surface area (Å²) in [4.78, 5) is 26.2. The molecule has 0 unspecified atom stereocenters. The van der Waals surface area contributed by atoms with Crippen LogP contribution in [0.15, 0.2) is 47.7 Å². The molecule has 2 amide bonds. The second-order valence-electron chi connectivity index (χ2n) is 4.45. The average molecular weight is 319 g/mol. The highest BCUT2D eigenvalue weighted by molar-refractivity contribution is 6.33. The maximum absolute atomic E-state index is 11.7. The molecule has 22 heavy (non-hydrogen) atoms. The number of hydrogen-bond acceptors (Lipinski definition) is 3. The Morgan fingerprint density at radius 2 is 1.91 bits per heavy atom. The molecule has 0 spiro atoms. The molecule has 7 heteroatoms. The minimum Gasteiger partial charge on any atom is -0.360 e. The molecular formula is C15H15ClN4O2. The van der Waals surface area contributed by atoms with Gasteiger partial charge in [-0.2, -0.15) is 5.10 Å². The van der Waals surface area contributed by atoms with Crippen LogP contribution in [0.3, 0.4) is 0 Å². The van der Waals surface area contributed by atoms with Crippen molar-refractivity contribution in [2.75, 3.05) is 5.32 Å². The van der Waals surface area contributed by atoms with Gasteiger partial charge in [0.15, 0.2) is 0 Å². The molecule has 0 saturated carbocycles. The van der Waals surface area contributed by atoms with Gasteiger partial charge in [-0.3, -0.25) is 9.59 Å². The van der Waals surface area contributed by atoms with Crippen molar-refractivity contribution < 1.29 is 9.59 Å².